The van der Waals surface area contributed by atoms with Crippen LogP contribution in [-0.2, 0) is 21.9 Å². The lowest BCUT2D eigenvalue weighted by atomic mass is 10.1. The molecule has 5 heteroatoms. The van der Waals surface area contributed by atoms with Crippen molar-refractivity contribution in [2.24, 2.45) is 0 Å². The molecule has 2 aromatic carbocycles. The Morgan fingerprint density at radius 2 is 1.83 bits per heavy atom. The normalized spacial score (nSPS) is 11.7. The average molecular weight is 413 g/mol. The molecule has 0 heterocycles. The zero-order valence-corrected chi connectivity index (χ0v) is 18.7. The van der Waals surface area contributed by atoms with Gasteiger partial charge in [0, 0.05) is 18.8 Å². The van der Waals surface area contributed by atoms with Gasteiger partial charge in [0.1, 0.15) is 6.04 Å². The molecule has 156 valence electrons. The molecular formula is C24H32N2O2S. The van der Waals surface area contributed by atoms with Crippen LogP contribution in [-0.4, -0.2) is 35.1 Å². The van der Waals surface area contributed by atoms with Crippen LogP contribution in [0.2, 0.25) is 0 Å². The van der Waals surface area contributed by atoms with Gasteiger partial charge in [-0.3, -0.25) is 9.59 Å². The van der Waals surface area contributed by atoms with E-state index in [2.05, 4.69) is 30.4 Å². The second-order valence-electron chi connectivity index (χ2n) is 7.25. The molecule has 2 amide bonds. The highest BCUT2D eigenvalue weighted by atomic mass is 32.2. The lowest BCUT2D eigenvalue weighted by molar-refractivity contribution is -0.139. The molecule has 0 bridgehead atoms. The average Bonchev–Trinajstić information content (AvgIpc) is 2.69. The van der Waals surface area contributed by atoms with E-state index in [1.807, 2.05) is 51.1 Å². The number of carbonyl (C=O) groups is 2. The minimum absolute atomic E-state index is 0.00371. The maximum absolute atomic E-state index is 13.2. The van der Waals surface area contributed by atoms with Crippen LogP contribution < -0.4 is 5.32 Å². The molecule has 0 spiro atoms. The summed E-state index contributed by atoms with van der Waals surface area (Å²) in [4.78, 5) is 27.5. The van der Waals surface area contributed by atoms with Crippen LogP contribution in [0.25, 0.3) is 0 Å². The maximum Gasteiger partial charge on any atom is 0.242 e. The highest BCUT2D eigenvalue weighted by Crippen LogP contribution is 2.19. The Bertz CT molecular complexity index is 822. The summed E-state index contributed by atoms with van der Waals surface area (Å²) in [5.41, 5.74) is 4.64. The SMILES string of the molecule is CCNC(=O)[C@H](CC)N(Cc1ccccc1C)C(=O)CSCc1cccc(C)c1. The lowest BCUT2D eigenvalue weighted by Gasteiger charge is -2.31. The summed E-state index contributed by atoms with van der Waals surface area (Å²) in [7, 11) is 0. The molecule has 0 saturated carbocycles. The maximum atomic E-state index is 13.2. The van der Waals surface area contributed by atoms with Crippen molar-refractivity contribution < 1.29 is 9.59 Å². The first-order valence-electron chi connectivity index (χ1n) is 10.2. The molecular weight excluding hydrogens is 380 g/mol. The van der Waals surface area contributed by atoms with Gasteiger partial charge >= 0.3 is 0 Å². The van der Waals surface area contributed by atoms with Crippen molar-refractivity contribution in [3.8, 4) is 0 Å². The number of nitrogens with zero attached hydrogens (tertiary/aromatic N) is 1. The molecule has 0 unspecified atom stereocenters. The van der Waals surface area contributed by atoms with Gasteiger partial charge in [-0.15, -0.1) is 11.8 Å². The van der Waals surface area contributed by atoms with E-state index in [1.54, 1.807) is 16.7 Å². The quantitative estimate of drug-likeness (QED) is 0.626. The third-order valence-corrected chi connectivity index (χ3v) is 5.90. The first kappa shape index (κ1) is 23.0. The number of hydrogen-bond acceptors (Lipinski definition) is 3. The molecule has 0 radical (unpaired) electrons. The van der Waals surface area contributed by atoms with Gasteiger partial charge in [-0.1, -0.05) is 61.0 Å². The second-order valence-corrected chi connectivity index (χ2v) is 8.23. The Morgan fingerprint density at radius 1 is 1.07 bits per heavy atom. The molecule has 1 atom stereocenters. The molecule has 0 aliphatic heterocycles. The van der Waals surface area contributed by atoms with Gasteiger partial charge in [-0.05, 0) is 43.9 Å². The number of likely N-dealkylation sites (N-methyl/N-ethyl adjacent to an activating group) is 1. The molecule has 0 fully saturated rings. The van der Waals surface area contributed by atoms with E-state index in [9.17, 15) is 9.59 Å². The molecule has 0 aliphatic rings. The summed E-state index contributed by atoms with van der Waals surface area (Å²) in [5, 5.41) is 2.88. The molecule has 4 nitrogen and oxygen atoms in total. The Kier molecular flexibility index (Phi) is 9.26. The topological polar surface area (TPSA) is 49.4 Å². The van der Waals surface area contributed by atoms with Gasteiger partial charge in [0.15, 0.2) is 0 Å². The summed E-state index contributed by atoms with van der Waals surface area (Å²) >= 11 is 1.60. The van der Waals surface area contributed by atoms with Crippen molar-refractivity contribution in [2.45, 2.75) is 52.5 Å². The van der Waals surface area contributed by atoms with Gasteiger partial charge in [-0.25, -0.2) is 0 Å². The van der Waals surface area contributed by atoms with Crippen LogP contribution in [0.15, 0.2) is 48.5 Å². The fraction of sp³-hybridized carbons (Fsp3) is 0.417. The van der Waals surface area contributed by atoms with Gasteiger partial charge < -0.3 is 10.2 Å². The van der Waals surface area contributed by atoms with Crippen molar-refractivity contribution in [2.75, 3.05) is 12.3 Å². The number of nitrogens with one attached hydrogen (secondary N) is 1. The summed E-state index contributed by atoms with van der Waals surface area (Å²) in [5.74, 6) is 1.06. The lowest BCUT2D eigenvalue weighted by Crippen LogP contribution is -2.49. The molecule has 2 rings (SSSR count). The van der Waals surface area contributed by atoms with Crippen molar-refractivity contribution in [1.82, 2.24) is 10.2 Å². The van der Waals surface area contributed by atoms with E-state index in [4.69, 9.17) is 0 Å². The first-order chi connectivity index (χ1) is 14.0. The zero-order chi connectivity index (χ0) is 21.2. The smallest absolute Gasteiger partial charge is 0.242 e. The summed E-state index contributed by atoms with van der Waals surface area (Å²) < 4.78 is 0. The Morgan fingerprint density at radius 3 is 2.48 bits per heavy atom. The molecule has 2 aromatic rings. The van der Waals surface area contributed by atoms with Gasteiger partial charge in [0.2, 0.25) is 11.8 Å². The van der Waals surface area contributed by atoms with Gasteiger partial charge in [0.25, 0.3) is 0 Å². The van der Waals surface area contributed by atoms with Crippen LogP contribution in [0.1, 0.15) is 42.5 Å². The van der Waals surface area contributed by atoms with Crippen LogP contribution >= 0.6 is 11.8 Å². The Labute approximate surface area is 179 Å². The third-order valence-electron chi connectivity index (χ3n) is 4.92. The van der Waals surface area contributed by atoms with Crippen LogP contribution in [0.5, 0.6) is 0 Å². The number of hydrogen-bond donors (Lipinski definition) is 1. The summed E-state index contributed by atoms with van der Waals surface area (Å²) in [6, 6.07) is 15.9. The van der Waals surface area contributed by atoms with Crippen LogP contribution in [0.4, 0.5) is 0 Å². The van der Waals surface area contributed by atoms with E-state index in [1.165, 1.54) is 11.1 Å². The Hall–Kier alpha value is -2.27. The highest BCUT2D eigenvalue weighted by Gasteiger charge is 2.28. The number of amides is 2. The number of aryl methyl sites for hydroxylation is 2. The monoisotopic (exact) mass is 412 g/mol. The number of rotatable bonds is 10. The standard InChI is InChI=1S/C24H32N2O2S/c1-5-22(24(28)25-6-2)26(15-21-13-8-7-11-19(21)4)23(27)17-29-16-20-12-9-10-18(3)14-20/h7-14,22H,5-6,15-17H2,1-4H3,(H,25,28)/t22-/m0/s1. The van der Waals surface area contributed by atoms with Crippen LogP contribution in [0.3, 0.4) is 0 Å². The van der Waals surface area contributed by atoms with Crippen molar-refractivity contribution >= 4 is 23.6 Å². The van der Waals surface area contributed by atoms with Crippen LogP contribution in [0, 0.1) is 13.8 Å². The van der Waals surface area contributed by atoms with Gasteiger partial charge in [0.05, 0.1) is 5.75 Å². The van der Waals surface area contributed by atoms with Crippen molar-refractivity contribution in [3.05, 3.63) is 70.8 Å². The minimum Gasteiger partial charge on any atom is -0.355 e. The minimum atomic E-state index is -0.457. The second kappa shape index (κ2) is 11.7. The summed E-state index contributed by atoms with van der Waals surface area (Å²) in [6.07, 6.45) is 0.589. The fourth-order valence-corrected chi connectivity index (χ4v) is 4.18. The van der Waals surface area contributed by atoms with E-state index in [0.717, 1.165) is 16.9 Å². The highest BCUT2D eigenvalue weighted by molar-refractivity contribution is 7.99. The number of thioether (sulfide) groups is 1. The number of benzene rings is 2. The first-order valence-corrected chi connectivity index (χ1v) is 11.4. The van der Waals surface area contributed by atoms with Crippen molar-refractivity contribution in [3.63, 3.8) is 0 Å². The van der Waals surface area contributed by atoms with E-state index >= 15 is 0 Å². The fourth-order valence-electron chi connectivity index (χ4n) is 3.32. The molecule has 0 aromatic heterocycles. The molecule has 0 aliphatic carbocycles. The largest absolute Gasteiger partial charge is 0.355 e. The zero-order valence-electron chi connectivity index (χ0n) is 17.9. The van der Waals surface area contributed by atoms with E-state index < -0.39 is 6.04 Å². The van der Waals surface area contributed by atoms with Gasteiger partial charge in [-0.2, -0.15) is 0 Å². The predicted molar refractivity (Wildman–Crippen MR) is 122 cm³/mol. The predicted octanol–water partition coefficient (Wildman–Crippen LogP) is 4.48. The van der Waals surface area contributed by atoms with E-state index in [-0.39, 0.29) is 11.8 Å². The molecule has 1 N–H and O–H groups in total. The van der Waals surface area contributed by atoms with Crippen molar-refractivity contribution in [1.29, 1.82) is 0 Å². The summed E-state index contributed by atoms with van der Waals surface area (Å²) in [6.45, 7) is 8.97. The Balaban J connectivity index is 2.12. The number of carbonyl (C=O) groups excluding carboxylic acids is 2. The van der Waals surface area contributed by atoms with E-state index in [0.29, 0.717) is 25.3 Å². The third kappa shape index (κ3) is 6.93. The molecule has 0 saturated heterocycles. The molecule has 29 heavy (non-hydrogen) atoms.